The lowest BCUT2D eigenvalue weighted by atomic mass is 9.61. The average molecular weight is 1030 g/mol. The van der Waals surface area contributed by atoms with Gasteiger partial charge in [-0.05, 0) is 221 Å². The molecular formula is C76H73N3. The van der Waals surface area contributed by atoms with Crippen molar-refractivity contribution < 1.29 is 0 Å². The van der Waals surface area contributed by atoms with Gasteiger partial charge in [0.1, 0.15) is 0 Å². The van der Waals surface area contributed by atoms with Gasteiger partial charge in [-0.2, -0.15) is 0 Å². The molecule has 0 saturated heterocycles. The second-order valence-electron chi connectivity index (χ2n) is 26.5. The molecule has 6 unspecified atom stereocenters. The number of nitrogens with zero attached hydrogens (tertiary/aromatic N) is 3. The normalized spacial score (nSPS) is 27.7. The lowest BCUT2D eigenvalue weighted by molar-refractivity contribution is 0.195. The highest BCUT2D eigenvalue weighted by Gasteiger charge is 2.60. The molecule has 10 aromatic rings. The van der Waals surface area contributed by atoms with Gasteiger partial charge in [0.25, 0.3) is 0 Å². The summed E-state index contributed by atoms with van der Waals surface area (Å²) in [6.45, 7) is 15.4. The largest absolute Gasteiger partial charge is 0.334 e. The Labute approximate surface area is 468 Å². The molecule has 10 aromatic carbocycles. The first-order chi connectivity index (χ1) is 38.4. The van der Waals surface area contributed by atoms with E-state index in [2.05, 4.69) is 244 Å². The Balaban J connectivity index is 0.932. The minimum Gasteiger partial charge on any atom is -0.334 e. The molecule has 392 valence electrons. The molecule has 0 amide bonds. The van der Waals surface area contributed by atoms with E-state index in [9.17, 15) is 0 Å². The van der Waals surface area contributed by atoms with Crippen molar-refractivity contribution in [1.29, 1.82) is 0 Å². The molecule has 3 fully saturated rings. The first kappa shape index (κ1) is 47.6. The van der Waals surface area contributed by atoms with Crippen LogP contribution >= 0.6 is 0 Å². The van der Waals surface area contributed by atoms with Gasteiger partial charge in [-0.3, -0.25) is 0 Å². The van der Waals surface area contributed by atoms with Crippen LogP contribution in [0.15, 0.2) is 188 Å². The number of hydrogen-bond acceptors (Lipinski definition) is 3. The van der Waals surface area contributed by atoms with Crippen molar-refractivity contribution in [3.05, 3.63) is 205 Å². The molecule has 0 radical (unpaired) electrons. The molecule has 3 heterocycles. The molecule has 3 heteroatoms. The Morgan fingerprint density at radius 2 is 0.620 bits per heavy atom. The summed E-state index contributed by atoms with van der Waals surface area (Å²) in [6, 6.07) is 73.7. The zero-order valence-corrected chi connectivity index (χ0v) is 47.2. The summed E-state index contributed by atoms with van der Waals surface area (Å²) >= 11 is 0. The van der Waals surface area contributed by atoms with Crippen LogP contribution in [0.2, 0.25) is 0 Å². The molecule has 3 saturated carbocycles. The average Bonchev–Trinajstić information content (AvgIpc) is 3.49. The van der Waals surface area contributed by atoms with Crippen LogP contribution in [0, 0.1) is 0 Å². The second kappa shape index (κ2) is 16.6. The van der Waals surface area contributed by atoms with Crippen LogP contribution < -0.4 is 14.7 Å². The highest BCUT2D eigenvalue weighted by Crippen LogP contribution is 2.65. The third kappa shape index (κ3) is 6.15. The first-order valence-electron chi connectivity index (χ1n) is 30.1. The lowest BCUT2D eigenvalue weighted by Crippen LogP contribution is -2.54. The van der Waals surface area contributed by atoms with Gasteiger partial charge in [-0.15, -0.1) is 0 Å². The molecule has 6 atom stereocenters. The standard InChI is InChI=1S/C76H73N3/c1-71-40-16-19-43-74(71,4)77(54-22-10-7-11-23-54)66-37-30-51(46-63(66)71)57-33-28-50-29-34-59-61(52-31-38-67-64(47-52)72(2)41-17-20-44-75(72,5)78(67)55-24-12-8-13-25-55)49-62(60-36-35-58(57)69(50)70(59)60)53-32-39-68-65(48-53)73(3)42-18-21-45-76(73,6)79(68)56-26-14-9-15-27-56/h7-15,22-39,46-49H,16-21,40-45H2,1-6H3. The summed E-state index contributed by atoms with van der Waals surface area (Å²) in [4.78, 5) is 8.15. The lowest BCUT2D eigenvalue weighted by Gasteiger charge is -2.50. The zero-order chi connectivity index (χ0) is 53.3. The van der Waals surface area contributed by atoms with Crippen LogP contribution in [-0.2, 0) is 16.2 Å². The maximum atomic E-state index is 2.72. The van der Waals surface area contributed by atoms with E-state index in [1.807, 2.05) is 0 Å². The summed E-state index contributed by atoms with van der Waals surface area (Å²) in [5.41, 5.74) is 20.4. The van der Waals surface area contributed by atoms with Crippen LogP contribution in [-0.4, -0.2) is 16.6 Å². The minimum atomic E-state index is -0.0238. The van der Waals surface area contributed by atoms with Gasteiger partial charge in [0, 0.05) is 50.4 Å². The van der Waals surface area contributed by atoms with E-state index < -0.39 is 0 Å². The third-order valence-corrected chi connectivity index (χ3v) is 23.1. The van der Waals surface area contributed by atoms with Crippen molar-refractivity contribution in [3.8, 4) is 33.4 Å². The van der Waals surface area contributed by atoms with Gasteiger partial charge in [-0.1, -0.05) is 168 Å². The third-order valence-electron chi connectivity index (χ3n) is 23.1. The summed E-state index contributed by atoms with van der Waals surface area (Å²) in [5.74, 6) is 0. The monoisotopic (exact) mass is 1030 g/mol. The van der Waals surface area contributed by atoms with E-state index >= 15 is 0 Å². The molecule has 6 aliphatic rings. The van der Waals surface area contributed by atoms with Crippen LogP contribution in [0.25, 0.3) is 65.7 Å². The smallest absolute Gasteiger partial charge is 0.0517 e. The minimum absolute atomic E-state index is 0.000768. The Kier molecular flexibility index (Phi) is 10.0. The molecule has 0 aromatic heterocycles. The fourth-order valence-electron chi connectivity index (χ4n) is 18.3. The van der Waals surface area contributed by atoms with Crippen molar-refractivity contribution in [1.82, 2.24) is 0 Å². The van der Waals surface area contributed by atoms with E-state index in [4.69, 9.17) is 0 Å². The number of para-hydroxylation sites is 3. The van der Waals surface area contributed by atoms with Crippen molar-refractivity contribution in [2.45, 2.75) is 151 Å². The quantitative estimate of drug-likeness (QED) is 0.154. The molecule has 0 bridgehead atoms. The summed E-state index contributed by atoms with van der Waals surface area (Å²) in [6.07, 6.45) is 14.7. The summed E-state index contributed by atoms with van der Waals surface area (Å²) < 4.78 is 0. The molecule has 3 nitrogen and oxygen atoms in total. The van der Waals surface area contributed by atoms with Gasteiger partial charge in [-0.25, -0.2) is 0 Å². The Hall–Kier alpha value is -7.36. The Bertz CT molecular complexity index is 3960. The van der Waals surface area contributed by atoms with Crippen molar-refractivity contribution in [3.63, 3.8) is 0 Å². The predicted molar refractivity (Wildman–Crippen MR) is 335 cm³/mol. The van der Waals surface area contributed by atoms with Crippen molar-refractivity contribution >= 4 is 66.4 Å². The van der Waals surface area contributed by atoms with Gasteiger partial charge in [0.15, 0.2) is 0 Å². The Morgan fingerprint density at radius 1 is 0.291 bits per heavy atom. The van der Waals surface area contributed by atoms with Crippen LogP contribution in [0.1, 0.15) is 135 Å². The molecule has 0 N–H and O–H groups in total. The maximum absolute atomic E-state index is 2.72. The highest BCUT2D eigenvalue weighted by molar-refractivity contribution is 6.30. The van der Waals surface area contributed by atoms with Crippen molar-refractivity contribution in [2.75, 3.05) is 14.7 Å². The van der Waals surface area contributed by atoms with Gasteiger partial charge >= 0.3 is 0 Å². The fraction of sp³-hybridized carbons (Fsp3) is 0.316. The van der Waals surface area contributed by atoms with Crippen LogP contribution in [0.5, 0.6) is 0 Å². The number of hydrogen-bond donors (Lipinski definition) is 0. The van der Waals surface area contributed by atoms with Crippen LogP contribution in [0.3, 0.4) is 0 Å². The fourth-order valence-corrected chi connectivity index (χ4v) is 18.3. The van der Waals surface area contributed by atoms with E-state index in [0.29, 0.717) is 0 Å². The molecule has 0 spiro atoms. The van der Waals surface area contributed by atoms with E-state index in [0.717, 1.165) is 0 Å². The number of rotatable bonds is 6. The summed E-state index contributed by atoms with van der Waals surface area (Å²) in [7, 11) is 0. The predicted octanol–water partition coefficient (Wildman–Crippen LogP) is 20.8. The van der Waals surface area contributed by atoms with Gasteiger partial charge in [0.05, 0.1) is 16.6 Å². The summed E-state index contributed by atoms with van der Waals surface area (Å²) in [5, 5.41) is 8.08. The van der Waals surface area contributed by atoms with Crippen LogP contribution in [0.4, 0.5) is 34.1 Å². The molecule has 79 heavy (non-hydrogen) atoms. The molecule has 3 aliphatic heterocycles. The zero-order valence-electron chi connectivity index (χ0n) is 47.2. The number of anilines is 6. The Morgan fingerprint density at radius 3 is 1.01 bits per heavy atom. The van der Waals surface area contributed by atoms with E-state index in [1.54, 1.807) is 0 Å². The molecular weight excluding hydrogens is 955 g/mol. The maximum Gasteiger partial charge on any atom is 0.0517 e. The number of benzene rings is 10. The van der Waals surface area contributed by atoms with Gasteiger partial charge < -0.3 is 14.7 Å². The van der Waals surface area contributed by atoms with E-state index in [1.165, 1.54) is 194 Å². The molecule has 16 rings (SSSR count). The first-order valence-corrected chi connectivity index (χ1v) is 30.1. The second-order valence-corrected chi connectivity index (χ2v) is 26.5. The van der Waals surface area contributed by atoms with Crippen molar-refractivity contribution in [2.24, 2.45) is 0 Å². The van der Waals surface area contributed by atoms with E-state index in [-0.39, 0.29) is 32.9 Å². The molecule has 3 aliphatic carbocycles. The SMILES string of the molecule is CC12CCCCC1(C)N(c1ccccc1)c1ccc(-c3ccc4ccc5c(-c6ccc7c(c6)C6(C)CCCCC6(C)N7c6ccccc6)cc(-c6ccc7c(c6)C6(C)CCCCC6(C)N7c6ccccc6)c6ccc3c4c56)cc12. The number of fused-ring (bicyclic) bond motifs is 9. The van der Waals surface area contributed by atoms with Gasteiger partial charge in [0.2, 0.25) is 0 Å². The topological polar surface area (TPSA) is 9.72 Å². The highest BCUT2D eigenvalue weighted by atomic mass is 15.3.